The third kappa shape index (κ3) is 2.90. The van der Waals surface area contributed by atoms with Crippen molar-refractivity contribution in [2.24, 2.45) is 0 Å². The molecule has 0 saturated heterocycles. The molecule has 0 atom stereocenters. The summed E-state index contributed by atoms with van der Waals surface area (Å²) in [6, 6.07) is 3.13. The maximum absolute atomic E-state index is 12.7. The highest BCUT2D eigenvalue weighted by atomic mass is 35.7. The van der Waals surface area contributed by atoms with Crippen LogP contribution in [0.15, 0.2) is 28.0 Å². The van der Waals surface area contributed by atoms with Gasteiger partial charge in [-0.05, 0) is 24.6 Å². The largest absolute Gasteiger partial charge is 0.333 e. The lowest BCUT2D eigenvalue weighted by atomic mass is 10.2. The van der Waals surface area contributed by atoms with E-state index in [0.717, 1.165) is 12.1 Å². The Morgan fingerprint density at radius 3 is 2.07 bits per heavy atom. The molecule has 0 bridgehead atoms. The van der Waals surface area contributed by atoms with Gasteiger partial charge in [-0.3, -0.25) is 0 Å². The Kier molecular flexibility index (Phi) is 3.09. The van der Waals surface area contributed by atoms with Gasteiger partial charge in [0.1, 0.15) is 9.79 Å². The van der Waals surface area contributed by atoms with Crippen LogP contribution in [-0.2, 0) is 19.3 Å². The summed E-state index contributed by atoms with van der Waals surface area (Å²) in [7, 11) is -4.40. The maximum Gasteiger partial charge on any atom is 0.333 e. The second-order valence-corrected chi connectivity index (χ2v) is 6.68. The van der Waals surface area contributed by atoms with Gasteiger partial charge in [0, 0.05) is 10.7 Å². The van der Waals surface area contributed by atoms with Crippen molar-refractivity contribution in [2.45, 2.75) is 16.7 Å². The van der Waals surface area contributed by atoms with Gasteiger partial charge in [0.05, 0.1) is 0 Å². The van der Waals surface area contributed by atoms with Crippen molar-refractivity contribution in [3.63, 3.8) is 0 Å². The first-order chi connectivity index (χ1) is 6.62. The topological polar surface area (TPSA) is 68.3 Å². The minimum absolute atomic E-state index is 0.460. The molecule has 0 aromatic heterocycles. The van der Waals surface area contributed by atoms with Crippen LogP contribution in [0, 0.1) is 6.92 Å². The fourth-order valence-corrected chi connectivity index (χ4v) is 3.32. The first-order valence-electron chi connectivity index (χ1n) is 3.62. The molecule has 1 aromatic carbocycles. The molecule has 0 aliphatic heterocycles. The van der Waals surface area contributed by atoms with Crippen LogP contribution in [0.25, 0.3) is 0 Å². The van der Waals surface area contributed by atoms with E-state index in [9.17, 15) is 20.7 Å². The van der Waals surface area contributed by atoms with Crippen LogP contribution in [-0.4, -0.2) is 16.8 Å². The average molecular weight is 273 g/mol. The van der Waals surface area contributed by atoms with Crippen molar-refractivity contribution in [3.8, 4) is 0 Å². The highest BCUT2D eigenvalue weighted by Gasteiger charge is 2.24. The highest BCUT2D eigenvalue weighted by molar-refractivity contribution is 8.14. The second kappa shape index (κ2) is 3.73. The lowest BCUT2D eigenvalue weighted by Gasteiger charge is -2.03. The van der Waals surface area contributed by atoms with Crippen molar-refractivity contribution in [1.82, 2.24) is 0 Å². The number of benzene rings is 1. The first kappa shape index (κ1) is 12.4. The van der Waals surface area contributed by atoms with E-state index in [-0.39, 0.29) is 0 Å². The summed E-state index contributed by atoms with van der Waals surface area (Å²) in [6.07, 6.45) is 0. The summed E-state index contributed by atoms with van der Waals surface area (Å²) in [6.45, 7) is 1.53. The van der Waals surface area contributed by atoms with Crippen LogP contribution in [0.1, 0.15) is 5.56 Å². The predicted octanol–water partition coefficient (Wildman–Crippen LogP) is 1.58. The molecule has 0 aliphatic rings. The Balaban J connectivity index is 3.71. The highest BCUT2D eigenvalue weighted by Crippen LogP contribution is 2.26. The number of rotatable bonds is 2. The number of halogens is 2. The summed E-state index contributed by atoms with van der Waals surface area (Å²) in [5.74, 6) is 0. The molecular weight excluding hydrogens is 267 g/mol. The standard InChI is InChI=1S/C7H6ClFO4S2/c1-5-2-3-6(15(9,12)13)7(4-5)14(8,10)11/h2-4H,1H3. The van der Waals surface area contributed by atoms with Gasteiger partial charge in [0.2, 0.25) is 0 Å². The number of hydrogen-bond acceptors (Lipinski definition) is 4. The zero-order valence-electron chi connectivity index (χ0n) is 7.44. The number of hydrogen-bond donors (Lipinski definition) is 0. The Morgan fingerprint density at radius 2 is 1.67 bits per heavy atom. The zero-order chi connectivity index (χ0) is 11.9. The second-order valence-electron chi connectivity index (χ2n) is 2.83. The van der Waals surface area contributed by atoms with Crippen LogP contribution in [0.4, 0.5) is 3.89 Å². The summed E-state index contributed by atoms with van der Waals surface area (Å²) in [5, 5.41) is 0. The molecule has 0 radical (unpaired) electrons. The van der Waals surface area contributed by atoms with E-state index < -0.39 is 29.1 Å². The Labute approximate surface area is 91.3 Å². The monoisotopic (exact) mass is 272 g/mol. The molecule has 1 aromatic rings. The average Bonchev–Trinajstić information content (AvgIpc) is 2.00. The van der Waals surface area contributed by atoms with Crippen LogP contribution in [0.5, 0.6) is 0 Å². The van der Waals surface area contributed by atoms with Crippen molar-refractivity contribution in [2.75, 3.05) is 0 Å². The third-order valence-electron chi connectivity index (χ3n) is 1.62. The third-order valence-corrected chi connectivity index (χ3v) is 4.00. The molecular formula is C7H6ClFO4S2. The Hall–Kier alpha value is -0.660. The summed E-state index contributed by atoms with van der Waals surface area (Å²) < 4.78 is 55.9. The summed E-state index contributed by atoms with van der Waals surface area (Å²) >= 11 is 0. The fourth-order valence-electron chi connectivity index (χ4n) is 1.01. The maximum atomic E-state index is 12.7. The van der Waals surface area contributed by atoms with Gasteiger partial charge in [-0.15, -0.1) is 3.89 Å². The van der Waals surface area contributed by atoms with Crippen LogP contribution < -0.4 is 0 Å². The lowest BCUT2D eigenvalue weighted by molar-refractivity contribution is 0.547. The van der Waals surface area contributed by atoms with Gasteiger partial charge in [0.25, 0.3) is 9.05 Å². The van der Waals surface area contributed by atoms with Crippen molar-refractivity contribution in [1.29, 1.82) is 0 Å². The fraction of sp³-hybridized carbons (Fsp3) is 0.143. The van der Waals surface area contributed by atoms with Crippen LogP contribution in [0.2, 0.25) is 0 Å². The molecule has 4 nitrogen and oxygen atoms in total. The van der Waals surface area contributed by atoms with Gasteiger partial charge in [0.15, 0.2) is 0 Å². The molecule has 84 valence electrons. The molecule has 0 heterocycles. The smallest absolute Gasteiger partial charge is 0.207 e. The Morgan fingerprint density at radius 1 is 1.13 bits per heavy atom. The van der Waals surface area contributed by atoms with Gasteiger partial charge in [-0.1, -0.05) is 6.07 Å². The molecule has 0 aliphatic carbocycles. The molecule has 0 N–H and O–H groups in total. The quantitative estimate of drug-likeness (QED) is 0.767. The Bertz CT molecular complexity index is 591. The summed E-state index contributed by atoms with van der Waals surface area (Å²) in [4.78, 5) is -1.69. The predicted molar refractivity (Wildman–Crippen MR) is 52.5 cm³/mol. The van der Waals surface area contributed by atoms with Gasteiger partial charge < -0.3 is 0 Å². The molecule has 0 fully saturated rings. The normalized spacial score (nSPS) is 12.7. The van der Waals surface area contributed by atoms with Crippen LogP contribution in [0.3, 0.4) is 0 Å². The molecule has 1 rings (SSSR count). The van der Waals surface area contributed by atoms with E-state index in [1.165, 1.54) is 13.0 Å². The van der Waals surface area contributed by atoms with Crippen molar-refractivity contribution < 1.29 is 20.7 Å². The SMILES string of the molecule is Cc1ccc(S(=O)(=O)F)c(S(=O)(=O)Cl)c1. The lowest BCUT2D eigenvalue weighted by Crippen LogP contribution is -2.02. The van der Waals surface area contributed by atoms with E-state index in [2.05, 4.69) is 0 Å². The number of aryl methyl sites for hydroxylation is 1. The molecule has 0 unspecified atom stereocenters. The summed E-state index contributed by atoms with van der Waals surface area (Å²) in [5.41, 5.74) is 0.460. The molecule has 0 spiro atoms. The molecule has 0 amide bonds. The van der Waals surface area contributed by atoms with Gasteiger partial charge in [-0.2, -0.15) is 8.42 Å². The van der Waals surface area contributed by atoms with Crippen molar-refractivity contribution in [3.05, 3.63) is 23.8 Å². The van der Waals surface area contributed by atoms with E-state index in [1.54, 1.807) is 0 Å². The van der Waals surface area contributed by atoms with Gasteiger partial charge >= 0.3 is 10.2 Å². The van der Waals surface area contributed by atoms with E-state index >= 15 is 0 Å². The minimum Gasteiger partial charge on any atom is -0.207 e. The van der Waals surface area contributed by atoms with E-state index in [0.29, 0.717) is 5.56 Å². The van der Waals surface area contributed by atoms with E-state index in [1.807, 2.05) is 0 Å². The molecule has 0 saturated carbocycles. The first-order valence-corrected chi connectivity index (χ1v) is 7.31. The van der Waals surface area contributed by atoms with Gasteiger partial charge in [-0.25, -0.2) is 8.42 Å². The zero-order valence-corrected chi connectivity index (χ0v) is 9.83. The van der Waals surface area contributed by atoms with E-state index in [4.69, 9.17) is 10.7 Å². The molecule has 8 heteroatoms. The molecule has 15 heavy (non-hydrogen) atoms. The van der Waals surface area contributed by atoms with Crippen molar-refractivity contribution >= 4 is 30.0 Å². The minimum atomic E-state index is -5.10. The van der Waals surface area contributed by atoms with Crippen LogP contribution >= 0.6 is 10.7 Å².